The average molecular weight is 679 g/mol. The van der Waals surface area contributed by atoms with Gasteiger partial charge in [0.1, 0.15) is 35.3 Å². The van der Waals surface area contributed by atoms with Crippen molar-refractivity contribution in [3.8, 4) is 17.3 Å². The highest BCUT2D eigenvalue weighted by Crippen LogP contribution is 2.44. The lowest BCUT2D eigenvalue weighted by atomic mass is 9.91. The quantitative estimate of drug-likeness (QED) is 0.252. The standard InChI is InChI=1S/C32H32ClF5N6O3/c1-2-5-23(45)44-11-10-42(15-31(44)16-46-17-31)28-21-13-39-26(20-6-3-7-22(33)24(20)32(36,37)38)25(35)27(21)40-29(41-28)47-18-30-8-4-9-43(30)14-19(34)12-30/h2-3,5-7,13,19H,4,8-12,14-18H2,1H3/t19-,30+/m1/s1. The van der Waals surface area contributed by atoms with Crippen molar-refractivity contribution in [3.05, 3.63) is 53.0 Å². The smallest absolute Gasteiger partial charge is 0.418 e. The Hall–Kier alpha value is -3.62. The number of ether oxygens (including phenoxy) is 2. The lowest BCUT2D eigenvalue weighted by Crippen LogP contribution is -2.72. The molecule has 2 aromatic heterocycles. The topological polar surface area (TPSA) is 83.9 Å². The number of hydrogen-bond donors (Lipinski definition) is 0. The molecule has 0 bridgehead atoms. The second-order valence-electron chi connectivity index (χ2n) is 12.7. The summed E-state index contributed by atoms with van der Waals surface area (Å²) >= 11 is 5.95. The Morgan fingerprint density at radius 3 is 2.74 bits per heavy atom. The Kier molecular flexibility index (Phi) is 8.03. The van der Waals surface area contributed by atoms with Gasteiger partial charge in [0.05, 0.1) is 34.7 Å². The molecule has 4 fully saturated rings. The zero-order valence-electron chi connectivity index (χ0n) is 25.5. The fourth-order valence-corrected chi connectivity index (χ4v) is 7.77. The molecule has 9 nitrogen and oxygen atoms in total. The van der Waals surface area contributed by atoms with Crippen LogP contribution in [-0.4, -0.2) is 100 Å². The van der Waals surface area contributed by atoms with Gasteiger partial charge in [-0.2, -0.15) is 23.1 Å². The number of pyridine rings is 1. The number of carbonyl (C=O) groups is 1. The van der Waals surface area contributed by atoms with E-state index in [0.717, 1.165) is 31.5 Å². The average Bonchev–Trinajstić information content (AvgIpc) is 3.54. The highest BCUT2D eigenvalue weighted by atomic mass is 35.5. The van der Waals surface area contributed by atoms with Crippen LogP contribution < -0.4 is 9.64 Å². The van der Waals surface area contributed by atoms with Crippen LogP contribution in [0.1, 0.15) is 31.7 Å². The first-order valence-electron chi connectivity index (χ1n) is 15.5. The Balaban J connectivity index is 1.32. The van der Waals surface area contributed by atoms with Crippen molar-refractivity contribution in [2.45, 2.75) is 49.6 Å². The van der Waals surface area contributed by atoms with Gasteiger partial charge >= 0.3 is 12.2 Å². The SMILES string of the molecule is CC=CC(=O)N1CCN(c2nc(OC[C@@]34CCCN3C[C@H](F)C4)nc3c(F)c(-c4cccc(Cl)c4C(F)(F)F)ncc23)CC12COC2. The molecule has 6 heterocycles. The van der Waals surface area contributed by atoms with Crippen molar-refractivity contribution in [3.63, 3.8) is 0 Å². The molecule has 0 saturated carbocycles. The van der Waals surface area contributed by atoms with Crippen LogP contribution in [0.15, 0.2) is 36.5 Å². The van der Waals surface area contributed by atoms with Crippen molar-refractivity contribution in [2.24, 2.45) is 0 Å². The Morgan fingerprint density at radius 2 is 2.02 bits per heavy atom. The van der Waals surface area contributed by atoms with Crippen LogP contribution in [0.25, 0.3) is 22.2 Å². The number of nitrogens with zero attached hydrogens (tertiary/aromatic N) is 6. The minimum absolute atomic E-state index is 0.0633. The second kappa shape index (κ2) is 11.8. The normalized spacial score (nSPS) is 24.4. The summed E-state index contributed by atoms with van der Waals surface area (Å²) in [6, 6.07) is 3.28. The van der Waals surface area contributed by atoms with Gasteiger partial charge in [-0.05, 0) is 38.5 Å². The van der Waals surface area contributed by atoms with Crippen LogP contribution in [-0.2, 0) is 15.7 Å². The molecule has 250 valence electrons. The van der Waals surface area contributed by atoms with Crippen molar-refractivity contribution in [1.82, 2.24) is 24.8 Å². The maximum Gasteiger partial charge on any atom is 0.418 e. The summed E-state index contributed by atoms with van der Waals surface area (Å²) in [4.78, 5) is 31.8. The van der Waals surface area contributed by atoms with Gasteiger partial charge < -0.3 is 19.3 Å². The van der Waals surface area contributed by atoms with Gasteiger partial charge in [-0.25, -0.2) is 8.78 Å². The maximum absolute atomic E-state index is 16.5. The number of allylic oxidation sites excluding steroid dienone is 1. The lowest BCUT2D eigenvalue weighted by Gasteiger charge is -2.55. The van der Waals surface area contributed by atoms with Crippen molar-refractivity contribution < 1.29 is 36.2 Å². The molecule has 4 aliphatic heterocycles. The number of piperazine rings is 1. The lowest BCUT2D eigenvalue weighted by molar-refractivity contribution is -0.164. The van der Waals surface area contributed by atoms with Gasteiger partial charge in [0.15, 0.2) is 5.82 Å². The van der Waals surface area contributed by atoms with Crippen molar-refractivity contribution in [1.29, 1.82) is 0 Å². The van der Waals surface area contributed by atoms with E-state index >= 15 is 4.39 Å². The molecule has 1 amide bonds. The van der Waals surface area contributed by atoms with E-state index in [4.69, 9.17) is 21.1 Å². The molecule has 0 radical (unpaired) electrons. The van der Waals surface area contributed by atoms with Crippen LogP contribution >= 0.6 is 11.6 Å². The van der Waals surface area contributed by atoms with E-state index < -0.39 is 51.1 Å². The number of alkyl halides is 4. The van der Waals surface area contributed by atoms with Crippen LogP contribution in [0, 0.1) is 5.82 Å². The van der Waals surface area contributed by atoms with E-state index in [1.165, 1.54) is 18.3 Å². The van der Waals surface area contributed by atoms with E-state index in [0.29, 0.717) is 26.2 Å². The summed E-state index contributed by atoms with van der Waals surface area (Å²) in [5, 5.41) is -0.437. The van der Waals surface area contributed by atoms with E-state index in [-0.39, 0.29) is 54.9 Å². The molecule has 47 heavy (non-hydrogen) atoms. The van der Waals surface area contributed by atoms with Crippen LogP contribution in [0.2, 0.25) is 5.02 Å². The zero-order chi connectivity index (χ0) is 33.1. The summed E-state index contributed by atoms with van der Waals surface area (Å²) in [7, 11) is 0. The number of rotatable bonds is 6. The number of fused-ring (bicyclic) bond motifs is 2. The molecule has 2 atom stereocenters. The molecular formula is C32H32ClF5N6O3. The number of halogens is 6. The van der Waals surface area contributed by atoms with E-state index in [9.17, 15) is 22.4 Å². The largest absolute Gasteiger partial charge is 0.461 e. The predicted octanol–water partition coefficient (Wildman–Crippen LogP) is 5.45. The highest BCUT2D eigenvalue weighted by Gasteiger charge is 2.51. The molecule has 4 aliphatic rings. The molecule has 4 saturated heterocycles. The molecule has 3 aromatic rings. The number of benzene rings is 1. The zero-order valence-corrected chi connectivity index (χ0v) is 26.3. The van der Waals surface area contributed by atoms with Crippen molar-refractivity contribution >= 4 is 34.2 Å². The third-order valence-corrected chi connectivity index (χ3v) is 10.0. The first kappa shape index (κ1) is 32.0. The number of aromatic nitrogens is 3. The number of amides is 1. The van der Waals surface area contributed by atoms with E-state index in [1.54, 1.807) is 17.9 Å². The predicted molar refractivity (Wildman–Crippen MR) is 164 cm³/mol. The maximum atomic E-state index is 16.5. The van der Waals surface area contributed by atoms with Gasteiger partial charge in [0.2, 0.25) is 5.91 Å². The van der Waals surface area contributed by atoms with Gasteiger partial charge in [-0.3, -0.25) is 14.7 Å². The first-order valence-corrected chi connectivity index (χ1v) is 15.8. The second-order valence-corrected chi connectivity index (χ2v) is 13.1. The molecule has 1 spiro atoms. The number of carbonyl (C=O) groups excluding carboxylic acids is 1. The first-order chi connectivity index (χ1) is 22.4. The third kappa shape index (κ3) is 5.47. The molecule has 0 aliphatic carbocycles. The minimum atomic E-state index is -4.88. The van der Waals surface area contributed by atoms with E-state index in [1.807, 2.05) is 4.90 Å². The molecule has 7 rings (SSSR count). The fourth-order valence-electron chi connectivity index (χ4n) is 7.49. The summed E-state index contributed by atoms with van der Waals surface area (Å²) in [6.45, 7) is 4.35. The van der Waals surface area contributed by atoms with E-state index in [2.05, 4.69) is 19.9 Å². The Bertz CT molecular complexity index is 1750. The highest BCUT2D eigenvalue weighted by molar-refractivity contribution is 6.31. The number of anilines is 1. The van der Waals surface area contributed by atoms with Crippen LogP contribution in [0.3, 0.4) is 0 Å². The molecule has 15 heteroatoms. The Morgan fingerprint density at radius 1 is 1.21 bits per heavy atom. The summed E-state index contributed by atoms with van der Waals surface area (Å²) < 4.78 is 84.9. The molecule has 0 N–H and O–H groups in total. The number of hydrogen-bond acceptors (Lipinski definition) is 8. The third-order valence-electron chi connectivity index (χ3n) is 9.69. The van der Waals surface area contributed by atoms with Gasteiger partial charge in [-0.15, -0.1) is 0 Å². The summed E-state index contributed by atoms with van der Waals surface area (Å²) in [5.41, 5.74) is -3.82. The molecular weight excluding hydrogens is 647 g/mol. The minimum Gasteiger partial charge on any atom is -0.461 e. The van der Waals surface area contributed by atoms with Crippen molar-refractivity contribution in [2.75, 3.05) is 57.4 Å². The van der Waals surface area contributed by atoms with Crippen LogP contribution in [0.4, 0.5) is 27.8 Å². The Labute approximate surface area is 272 Å². The summed E-state index contributed by atoms with van der Waals surface area (Å²) in [5.74, 6) is -1.00. The van der Waals surface area contributed by atoms with Gasteiger partial charge in [-0.1, -0.05) is 29.8 Å². The molecule has 0 unspecified atom stereocenters. The fraction of sp³-hybridized carbons (Fsp3) is 0.500. The van der Waals surface area contributed by atoms with Gasteiger partial charge in [0.25, 0.3) is 0 Å². The van der Waals surface area contributed by atoms with Crippen LogP contribution in [0.5, 0.6) is 6.01 Å². The van der Waals surface area contributed by atoms with Gasteiger partial charge in [0, 0.05) is 44.4 Å². The summed E-state index contributed by atoms with van der Waals surface area (Å²) in [6.07, 6.45) is 0.409. The molecule has 1 aromatic carbocycles. The monoisotopic (exact) mass is 678 g/mol.